The summed E-state index contributed by atoms with van der Waals surface area (Å²) < 4.78 is 0.856. The van der Waals surface area contributed by atoms with E-state index in [2.05, 4.69) is 30.6 Å². The molecule has 4 aromatic heterocycles. The van der Waals surface area contributed by atoms with E-state index in [1.165, 1.54) is 11.3 Å². The van der Waals surface area contributed by atoms with Crippen LogP contribution in [-0.2, 0) is 0 Å². The first-order valence-electron chi connectivity index (χ1n) is 9.97. The van der Waals surface area contributed by atoms with E-state index in [9.17, 15) is 4.79 Å². The van der Waals surface area contributed by atoms with Gasteiger partial charge in [0.05, 0.1) is 33.0 Å². The number of nitrogens with zero attached hydrogens (tertiary/aromatic N) is 4. The molecule has 2 atom stereocenters. The minimum Gasteiger partial charge on any atom is -0.350 e. The van der Waals surface area contributed by atoms with Crippen molar-refractivity contribution in [3.8, 4) is 0 Å². The van der Waals surface area contributed by atoms with Crippen LogP contribution in [0.3, 0.4) is 0 Å². The Morgan fingerprint density at radius 2 is 2.00 bits per heavy atom. The van der Waals surface area contributed by atoms with E-state index in [1.54, 1.807) is 23.8 Å². The molecule has 30 heavy (non-hydrogen) atoms. The van der Waals surface area contributed by atoms with Crippen molar-refractivity contribution in [2.75, 3.05) is 10.6 Å². The van der Waals surface area contributed by atoms with Gasteiger partial charge >= 0.3 is 0 Å². The molecule has 5 rings (SSSR count). The zero-order chi connectivity index (χ0) is 20.5. The summed E-state index contributed by atoms with van der Waals surface area (Å²) in [7, 11) is 0. The molecule has 1 aliphatic rings. The first-order chi connectivity index (χ1) is 14.7. The van der Waals surface area contributed by atoms with E-state index < -0.39 is 0 Å². The number of pyridine rings is 2. The van der Waals surface area contributed by atoms with Crippen LogP contribution in [0, 0.1) is 0 Å². The largest absolute Gasteiger partial charge is 0.350 e. The molecule has 0 aromatic carbocycles. The van der Waals surface area contributed by atoms with E-state index in [0.717, 1.165) is 41.4 Å². The molecular weight excluding hydrogens is 398 g/mol. The predicted octanol–water partition coefficient (Wildman–Crippen LogP) is 3.57. The summed E-state index contributed by atoms with van der Waals surface area (Å²) in [6.45, 7) is 0. The van der Waals surface area contributed by atoms with Crippen molar-refractivity contribution in [2.45, 2.75) is 37.8 Å². The van der Waals surface area contributed by atoms with Crippen LogP contribution in [0.15, 0.2) is 42.0 Å². The Morgan fingerprint density at radius 3 is 2.90 bits per heavy atom. The smallest absolute Gasteiger partial charge is 0.259 e. The van der Waals surface area contributed by atoms with Crippen LogP contribution in [0.5, 0.6) is 0 Å². The second kappa shape index (κ2) is 7.92. The molecule has 0 aliphatic heterocycles. The SMILES string of the molecule is NC1CCCCC1Nc1ncc2scc(C(=O)Nc3ccc4ncccc4n3)c2n1. The van der Waals surface area contributed by atoms with Gasteiger partial charge in [-0.3, -0.25) is 9.78 Å². The normalized spacial score (nSPS) is 19.1. The molecule has 1 fully saturated rings. The van der Waals surface area contributed by atoms with Gasteiger partial charge in [-0.1, -0.05) is 12.8 Å². The van der Waals surface area contributed by atoms with Gasteiger partial charge in [-0.25, -0.2) is 15.0 Å². The van der Waals surface area contributed by atoms with Gasteiger partial charge in [0.25, 0.3) is 5.91 Å². The quantitative estimate of drug-likeness (QED) is 0.463. The number of carbonyl (C=O) groups excluding carboxylic acids is 1. The highest BCUT2D eigenvalue weighted by Gasteiger charge is 2.23. The molecule has 0 bridgehead atoms. The van der Waals surface area contributed by atoms with Gasteiger partial charge in [0.2, 0.25) is 5.95 Å². The lowest BCUT2D eigenvalue weighted by Crippen LogP contribution is -2.42. The lowest BCUT2D eigenvalue weighted by molar-refractivity contribution is 0.102. The molecule has 9 heteroatoms. The Labute approximate surface area is 177 Å². The molecule has 4 N–H and O–H groups in total. The highest BCUT2D eigenvalue weighted by Crippen LogP contribution is 2.27. The number of fused-ring (bicyclic) bond motifs is 2. The van der Waals surface area contributed by atoms with Crippen molar-refractivity contribution in [1.82, 2.24) is 19.9 Å². The summed E-state index contributed by atoms with van der Waals surface area (Å²) in [5, 5.41) is 8.02. The number of aromatic nitrogens is 4. The number of nitrogens with two attached hydrogens (primary N) is 1. The third kappa shape index (κ3) is 3.69. The Balaban J connectivity index is 1.39. The molecule has 4 heterocycles. The average Bonchev–Trinajstić information content (AvgIpc) is 3.19. The van der Waals surface area contributed by atoms with Gasteiger partial charge in [-0.2, -0.15) is 0 Å². The standard InChI is InChI=1S/C21H21N7OS/c22-13-4-1-2-5-14(13)26-21-24-10-17-19(28-21)12(11-30-17)20(29)27-18-8-7-15-16(25-18)6-3-9-23-15/h3,6-11,13-14H,1-2,4-5,22H2,(H,24,26,28)(H,25,27,29). The molecule has 0 spiro atoms. The molecule has 2 unspecified atom stereocenters. The zero-order valence-electron chi connectivity index (χ0n) is 16.2. The maximum absolute atomic E-state index is 12.9. The van der Waals surface area contributed by atoms with Crippen molar-refractivity contribution in [3.05, 3.63) is 47.6 Å². The Bertz CT molecular complexity index is 1220. The predicted molar refractivity (Wildman–Crippen MR) is 119 cm³/mol. The van der Waals surface area contributed by atoms with Crippen molar-refractivity contribution in [3.63, 3.8) is 0 Å². The highest BCUT2D eigenvalue weighted by molar-refractivity contribution is 7.17. The Hall–Kier alpha value is -3.17. The fourth-order valence-electron chi connectivity index (χ4n) is 3.77. The second-order valence-corrected chi connectivity index (χ2v) is 8.36. The molecule has 152 valence electrons. The number of carbonyl (C=O) groups is 1. The third-order valence-corrected chi connectivity index (χ3v) is 6.30. The number of hydrogen-bond acceptors (Lipinski definition) is 8. The maximum atomic E-state index is 12.9. The number of thiophene rings is 1. The maximum Gasteiger partial charge on any atom is 0.259 e. The van der Waals surface area contributed by atoms with E-state index in [0.29, 0.717) is 22.8 Å². The van der Waals surface area contributed by atoms with Crippen molar-refractivity contribution >= 4 is 50.3 Å². The van der Waals surface area contributed by atoms with Gasteiger partial charge in [-0.15, -0.1) is 11.3 Å². The molecule has 0 saturated heterocycles. The number of rotatable bonds is 4. The number of amides is 1. The second-order valence-electron chi connectivity index (χ2n) is 7.45. The van der Waals surface area contributed by atoms with Gasteiger partial charge in [0.15, 0.2) is 0 Å². The fraction of sp³-hybridized carbons (Fsp3) is 0.286. The van der Waals surface area contributed by atoms with Crippen molar-refractivity contribution in [1.29, 1.82) is 0 Å². The van der Waals surface area contributed by atoms with E-state index in [4.69, 9.17) is 5.73 Å². The number of nitrogens with one attached hydrogen (secondary N) is 2. The topological polar surface area (TPSA) is 119 Å². The lowest BCUT2D eigenvalue weighted by Gasteiger charge is -2.29. The van der Waals surface area contributed by atoms with Gasteiger partial charge < -0.3 is 16.4 Å². The van der Waals surface area contributed by atoms with Gasteiger partial charge in [-0.05, 0) is 37.1 Å². The summed E-state index contributed by atoms with van der Waals surface area (Å²) >= 11 is 1.44. The lowest BCUT2D eigenvalue weighted by atomic mass is 9.91. The van der Waals surface area contributed by atoms with Gasteiger partial charge in [0, 0.05) is 23.7 Å². The molecule has 1 aliphatic carbocycles. The Morgan fingerprint density at radius 1 is 1.10 bits per heavy atom. The zero-order valence-corrected chi connectivity index (χ0v) is 17.0. The van der Waals surface area contributed by atoms with Crippen LogP contribution in [0.25, 0.3) is 21.3 Å². The number of hydrogen-bond donors (Lipinski definition) is 3. The molecule has 1 amide bonds. The minimum absolute atomic E-state index is 0.0942. The highest BCUT2D eigenvalue weighted by atomic mass is 32.1. The van der Waals surface area contributed by atoms with Gasteiger partial charge in [0.1, 0.15) is 5.82 Å². The third-order valence-electron chi connectivity index (χ3n) is 5.39. The summed E-state index contributed by atoms with van der Waals surface area (Å²) in [6, 6.07) is 7.50. The summed E-state index contributed by atoms with van der Waals surface area (Å²) in [5.41, 5.74) is 8.86. The van der Waals surface area contributed by atoms with Crippen LogP contribution < -0.4 is 16.4 Å². The molecule has 4 aromatic rings. The van der Waals surface area contributed by atoms with E-state index in [-0.39, 0.29) is 18.0 Å². The van der Waals surface area contributed by atoms with E-state index in [1.807, 2.05) is 18.2 Å². The van der Waals surface area contributed by atoms with Crippen molar-refractivity contribution < 1.29 is 4.79 Å². The van der Waals surface area contributed by atoms with Crippen LogP contribution in [-0.4, -0.2) is 37.9 Å². The van der Waals surface area contributed by atoms with Crippen LogP contribution in [0.4, 0.5) is 11.8 Å². The molecule has 1 saturated carbocycles. The van der Waals surface area contributed by atoms with E-state index >= 15 is 0 Å². The van der Waals surface area contributed by atoms with Crippen LogP contribution in [0.1, 0.15) is 36.0 Å². The first kappa shape index (κ1) is 18.8. The monoisotopic (exact) mass is 419 g/mol. The Kier molecular flexibility index (Phi) is 4.97. The summed E-state index contributed by atoms with van der Waals surface area (Å²) in [4.78, 5) is 30.7. The molecular formula is C21H21N7OS. The summed E-state index contributed by atoms with van der Waals surface area (Å²) in [6.07, 6.45) is 7.77. The average molecular weight is 420 g/mol. The molecule has 0 radical (unpaired) electrons. The van der Waals surface area contributed by atoms with Crippen LogP contribution in [0.2, 0.25) is 0 Å². The summed E-state index contributed by atoms with van der Waals surface area (Å²) in [5.74, 6) is 0.726. The minimum atomic E-state index is -0.254. The van der Waals surface area contributed by atoms with Crippen LogP contribution >= 0.6 is 11.3 Å². The number of anilines is 2. The molecule has 8 nitrogen and oxygen atoms in total. The fourth-order valence-corrected chi connectivity index (χ4v) is 4.62. The first-order valence-corrected chi connectivity index (χ1v) is 10.8. The van der Waals surface area contributed by atoms with Crippen molar-refractivity contribution in [2.24, 2.45) is 5.73 Å².